The molecule has 1 aromatic rings. The van der Waals surface area contributed by atoms with Gasteiger partial charge in [-0.1, -0.05) is 20.3 Å². The molecule has 1 saturated carbocycles. The third kappa shape index (κ3) is 3.41. The van der Waals surface area contributed by atoms with Crippen molar-refractivity contribution < 1.29 is 4.74 Å². The molecule has 1 unspecified atom stereocenters. The van der Waals surface area contributed by atoms with Gasteiger partial charge in [-0.2, -0.15) is 0 Å². The first-order chi connectivity index (χ1) is 8.50. The van der Waals surface area contributed by atoms with Crippen molar-refractivity contribution in [1.29, 1.82) is 0 Å². The summed E-state index contributed by atoms with van der Waals surface area (Å²) in [6.45, 7) is 4.73. The summed E-state index contributed by atoms with van der Waals surface area (Å²) in [7, 11) is 1.71. The summed E-state index contributed by atoms with van der Waals surface area (Å²) in [6, 6.07) is 6.64. The number of nitrogens with one attached hydrogen (secondary N) is 1. The lowest BCUT2D eigenvalue weighted by atomic mass is 9.75. The smallest absolute Gasteiger partial charge is 0.121 e. The standard InChI is InChI=1S/C15H22BrNO/c1-15(2)8-4-5-11(10-15)17-14-9-12(18-3)6-7-13(14)16/h6-7,9,11,17H,4-5,8,10H2,1-3H3. The van der Waals surface area contributed by atoms with Gasteiger partial charge < -0.3 is 10.1 Å². The lowest BCUT2D eigenvalue weighted by molar-refractivity contribution is 0.229. The maximum Gasteiger partial charge on any atom is 0.121 e. The van der Waals surface area contributed by atoms with Gasteiger partial charge >= 0.3 is 0 Å². The number of ether oxygens (including phenoxy) is 1. The fraction of sp³-hybridized carbons (Fsp3) is 0.600. The van der Waals surface area contributed by atoms with Crippen LogP contribution in [0, 0.1) is 5.41 Å². The minimum Gasteiger partial charge on any atom is -0.497 e. The Morgan fingerprint density at radius 3 is 2.83 bits per heavy atom. The molecule has 1 aliphatic rings. The van der Waals surface area contributed by atoms with Crippen LogP contribution >= 0.6 is 15.9 Å². The predicted molar refractivity (Wildman–Crippen MR) is 80.4 cm³/mol. The summed E-state index contributed by atoms with van der Waals surface area (Å²) >= 11 is 3.60. The molecule has 1 aliphatic carbocycles. The first-order valence-electron chi connectivity index (χ1n) is 6.60. The van der Waals surface area contributed by atoms with Gasteiger partial charge in [-0.15, -0.1) is 0 Å². The first-order valence-corrected chi connectivity index (χ1v) is 7.39. The molecular weight excluding hydrogens is 290 g/mol. The van der Waals surface area contributed by atoms with Crippen molar-refractivity contribution in [2.24, 2.45) is 5.41 Å². The minimum absolute atomic E-state index is 0.460. The number of anilines is 1. The molecular formula is C15H22BrNO. The second-order valence-electron chi connectivity index (χ2n) is 5.95. The monoisotopic (exact) mass is 311 g/mol. The molecule has 0 aromatic heterocycles. The summed E-state index contributed by atoms with van der Waals surface area (Å²) in [6.07, 6.45) is 5.14. The molecule has 1 fully saturated rings. The van der Waals surface area contributed by atoms with Crippen LogP contribution in [0.3, 0.4) is 0 Å². The zero-order chi connectivity index (χ0) is 13.2. The largest absolute Gasteiger partial charge is 0.497 e. The van der Waals surface area contributed by atoms with E-state index < -0.39 is 0 Å². The summed E-state index contributed by atoms with van der Waals surface area (Å²) < 4.78 is 6.38. The molecule has 0 saturated heterocycles. The van der Waals surface area contributed by atoms with Crippen LogP contribution in [-0.4, -0.2) is 13.2 Å². The molecule has 1 N–H and O–H groups in total. The maximum absolute atomic E-state index is 5.28. The Morgan fingerprint density at radius 1 is 1.39 bits per heavy atom. The van der Waals surface area contributed by atoms with Crippen molar-refractivity contribution in [2.45, 2.75) is 45.6 Å². The molecule has 2 nitrogen and oxygen atoms in total. The van der Waals surface area contributed by atoms with Gasteiger partial charge in [0.2, 0.25) is 0 Å². The normalized spacial score (nSPS) is 22.6. The van der Waals surface area contributed by atoms with Crippen LogP contribution in [0.2, 0.25) is 0 Å². The van der Waals surface area contributed by atoms with Crippen LogP contribution in [-0.2, 0) is 0 Å². The molecule has 2 rings (SSSR count). The highest BCUT2D eigenvalue weighted by molar-refractivity contribution is 9.10. The highest BCUT2D eigenvalue weighted by atomic mass is 79.9. The highest BCUT2D eigenvalue weighted by Crippen LogP contribution is 2.37. The molecule has 0 spiro atoms. The number of benzene rings is 1. The van der Waals surface area contributed by atoms with E-state index in [1.807, 2.05) is 12.1 Å². The van der Waals surface area contributed by atoms with Crippen LogP contribution in [0.4, 0.5) is 5.69 Å². The quantitative estimate of drug-likeness (QED) is 0.862. The molecule has 18 heavy (non-hydrogen) atoms. The van der Waals surface area contributed by atoms with Gasteiger partial charge in [0.15, 0.2) is 0 Å². The Hall–Kier alpha value is -0.700. The van der Waals surface area contributed by atoms with Gasteiger partial charge in [0.05, 0.1) is 12.8 Å². The predicted octanol–water partition coefficient (Wildman–Crippen LogP) is 4.84. The molecule has 100 valence electrons. The second kappa shape index (κ2) is 5.52. The number of rotatable bonds is 3. The van der Waals surface area contributed by atoms with Gasteiger partial charge in [0.1, 0.15) is 5.75 Å². The number of halogens is 1. The van der Waals surface area contributed by atoms with E-state index in [-0.39, 0.29) is 0 Å². The Balaban J connectivity index is 2.09. The number of hydrogen-bond acceptors (Lipinski definition) is 2. The van der Waals surface area contributed by atoms with Crippen molar-refractivity contribution >= 4 is 21.6 Å². The van der Waals surface area contributed by atoms with Crippen LogP contribution in [0.5, 0.6) is 5.75 Å². The number of hydrogen-bond donors (Lipinski definition) is 1. The van der Waals surface area contributed by atoms with Crippen molar-refractivity contribution in [3.63, 3.8) is 0 Å². The van der Waals surface area contributed by atoms with Gasteiger partial charge in [0.25, 0.3) is 0 Å². The average Bonchev–Trinajstić information content (AvgIpc) is 2.31. The summed E-state index contributed by atoms with van der Waals surface area (Å²) in [4.78, 5) is 0. The molecule has 0 aliphatic heterocycles. The van der Waals surface area contributed by atoms with Crippen LogP contribution in [0.15, 0.2) is 22.7 Å². The van der Waals surface area contributed by atoms with Gasteiger partial charge in [-0.25, -0.2) is 0 Å². The van der Waals surface area contributed by atoms with Crippen LogP contribution in [0.1, 0.15) is 39.5 Å². The number of methoxy groups -OCH3 is 1. The SMILES string of the molecule is COc1ccc(Br)c(NC2CCCC(C)(C)C2)c1. The van der Waals surface area contributed by atoms with E-state index in [0.717, 1.165) is 15.9 Å². The lowest BCUT2D eigenvalue weighted by Gasteiger charge is -2.36. The van der Waals surface area contributed by atoms with Gasteiger partial charge in [-0.05, 0) is 52.7 Å². The Morgan fingerprint density at radius 2 is 2.17 bits per heavy atom. The van der Waals surface area contributed by atoms with E-state index in [4.69, 9.17) is 4.74 Å². The Bertz CT molecular complexity index is 417. The molecule has 0 radical (unpaired) electrons. The van der Waals surface area contributed by atoms with Gasteiger partial charge in [-0.3, -0.25) is 0 Å². The van der Waals surface area contributed by atoms with E-state index in [0.29, 0.717) is 11.5 Å². The van der Waals surface area contributed by atoms with E-state index in [1.165, 1.54) is 25.7 Å². The second-order valence-corrected chi connectivity index (χ2v) is 6.80. The minimum atomic E-state index is 0.460. The van der Waals surface area contributed by atoms with Crippen molar-refractivity contribution in [3.8, 4) is 5.75 Å². The molecule has 0 bridgehead atoms. The zero-order valence-corrected chi connectivity index (χ0v) is 13.0. The summed E-state index contributed by atoms with van der Waals surface area (Å²) in [5.41, 5.74) is 1.60. The Kier molecular flexibility index (Phi) is 4.21. The van der Waals surface area contributed by atoms with E-state index >= 15 is 0 Å². The van der Waals surface area contributed by atoms with Crippen molar-refractivity contribution in [2.75, 3.05) is 12.4 Å². The van der Waals surface area contributed by atoms with E-state index in [1.54, 1.807) is 7.11 Å². The molecule has 0 amide bonds. The molecule has 3 heteroatoms. The van der Waals surface area contributed by atoms with Crippen LogP contribution in [0.25, 0.3) is 0 Å². The maximum atomic E-state index is 5.28. The highest BCUT2D eigenvalue weighted by Gasteiger charge is 2.28. The molecule has 1 atom stereocenters. The fourth-order valence-corrected chi connectivity index (χ4v) is 3.14. The topological polar surface area (TPSA) is 21.3 Å². The zero-order valence-electron chi connectivity index (χ0n) is 11.4. The third-order valence-electron chi connectivity index (χ3n) is 3.74. The van der Waals surface area contributed by atoms with E-state index in [2.05, 4.69) is 41.2 Å². The van der Waals surface area contributed by atoms with Crippen LogP contribution < -0.4 is 10.1 Å². The molecule has 1 aromatic carbocycles. The summed E-state index contributed by atoms with van der Waals surface area (Å²) in [5, 5.41) is 3.65. The molecule has 0 heterocycles. The third-order valence-corrected chi connectivity index (χ3v) is 4.43. The summed E-state index contributed by atoms with van der Waals surface area (Å²) in [5.74, 6) is 0.899. The van der Waals surface area contributed by atoms with Gasteiger partial charge in [0, 0.05) is 16.6 Å². The average molecular weight is 312 g/mol. The fourth-order valence-electron chi connectivity index (χ4n) is 2.78. The van der Waals surface area contributed by atoms with E-state index in [9.17, 15) is 0 Å². The lowest BCUT2D eigenvalue weighted by Crippen LogP contribution is -2.31. The first kappa shape index (κ1) is 13.7. The van der Waals surface area contributed by atoms with Crippen molar-refractivity contribution in [1.82, 2.24) is 0 Å². The Labute approximate surface area is 118 Å². The van der Waals surface area contributed by atoms with Crippen molar-refractivity contribution in [3.05, 3.63) is 22.7 Å².